The smallest absolute Gasteiger partial charge is 0.152 e. The van der Waals surface area contributed by atoms with Crippen LogP contribution in [0.15, 0.2) is 22.7 Å². The normalized spacial score (nSPS) is 9.40. The summed E-state index contributed by atoms with van der Waals surface area (Å²) in [7, 11) is 0. The molecule has 0 fully saturated rings. The fourth-order valence-electron chi connectivity index (χ4n) is 0.623. The van der Waals surface area contributed by atoms with Gasteiger partial charge in [-0.15, -0.1) is 0 Å². The molecule has 0 bridgehead atoms. The average Bonchev–Trinajstić information content (AvgIpc) is 1.88. The standard InChI is InChI=1S/C7H4BrClO/c8-6-2-1-3-7(9)5(6)4-10/h1-4H. The SMILES string of the molecule is O=Cc1c(Cl)cccc1Br. The zero-order valence-corrected chi connectivity index (χ0v) is 7.32. The third-order valence-corrected chi connectivity index (χ3v) is 2.14. The molecule has 10 heavy (non-hydrogen) atoms. The Morgan fingerprint density at radius 1 is 1.50 bits per heavy atom. The Hall–Kier alpha value is -0.340. The zero-order valence-electron chi connectivity index (χ0n) is 4.97. The molecule has 0 aliphatic rings. The number of rotatable bonds is 1. The van der Waals surface area contributed by atoms with E-state index in [-0.39, 0.29) is 0 Å². The Bertz CT molecular complexity index is 240. The van der Waals surface area contributed by atoms with Crippen LogP contribution in [0.5, 0.6) is 0 Å². The lowest BCUT2D eigenvalue weighted by molar-refractivity contribution is 0.112. The Balaban J connectivity index is 3.30. The average molecular weight is 219 g/mol. The molecule has 0 saturated carbocycles. The van der Waals surface area contributed by atoms with Crippen molar-refractivity contribution in [1.29, 1.82) is 0 Å². The van der Waals surface area contributed by atoms with E-state index in [0.29, 0.717) is 10.6 Å². The molecule has 1 nitrogen and oxygen atoms in total. The maximum absolute atomic E-state index is 10.3. The molecule has 0 N–H and O–H groups in total. The van der Waals surface area contributed by atoms with E-state index in [0.717, 1.165) is 10.8 Å². The number of hydrogen-bond donors (Lipinski definition) is 0. The summed E-state index contributed by atoms with van der Waals surface area (Å²) in [5.74, 6) is 0. The first-order valence-corrected chi connectivity index (χ1v) is 3.82. The molecule has 0 saturated heterocycles. The van der Waals surface area contributed by atoms with Gasteiger partial charge in [-0.25, -0.2) is 0 Å². The van der Waals surface area contributed by atoms with E-state index in [1.807, 2.05) is 0 Å². The molecule has 0 unspecified atom stereocenters. The van der Waals surface area contributed by atoms with Crippen molar-refractivity contribution in [3.63, 3.8) is 0 Å². The van der Waals surface area contributed by atoms with Crippen LogP contribution in [0.2, 0.25) is 5.02 Å². The molecule has 0 aromatic heterocycles. The molecule has 0 atom stereocenters. The third-order valence-electron chi connectivity index (χ3n) is 1.12. The number of carbonyl (C=O) groups excluding carboxylic acids is 1. The van der Waals surface area contributed by atoms with E-state index in [2.05, 4.69) is 15.9 Å². The molecule has 0 aliphatic heterocycles. The Morgan fingerprint density at radius 2 is 2.20 bits per heavy atom. The monoisotopic (exact) mass is 218 g/mol. The molecule has 1 aromatic carbocycles. The first-order chi connectivity index (χ1) is 4.75. The largest absolute Gasteiger partial charge is 0.298 e. The van der Waals surface area contributed by atoms with Gasteiger partial charge in [-0.3, -0.25) is 4.79 Å². The maximum Gasteiger partial charge on any atom is 0.152 e. The van der Waals surface area contributed by atoms with Gasteiger partial charge in [-0.05, 0) is 12.1 Å². The van der Waals surface area contributed by atoms with Crippen LogP contribution in [0, 0.1) is 0 Å². The van der Waals surface area contributed by atoms with Crippen LogP contribution < -0.4 is 0 Å². The summed E-state index contributed by atoms with van der Waals surface area (Å²) in [6.07, 6.45) is 0.729. The molecule has 52 valence electrons. The molecule has 0 amide bonds. The van der Waals surface area contributed by atoms with Crippen molar-refractivity contribution in [1.82, 2.24) is 0 Å². The summed E-state index contributed by atoms with van der Waals surface area (Å²) < 4.78 is 0.731. The van der Waals surface area contributed by atoms with Gasteiger partial charge in [0.05, 0.1) is 5.02 Å². The fourth-order valence-corrected chi connectivity index (χ4v) is 1.42. The van der Waals surface area contributed by atoms with Crippen LogP contribution in [0.3, 0.4) is 0 Å². The van der Waals surface area contributed by atoms with Gasteiger partial charge in [0.25, 0.3) is 0 Å². The van der Waals surface area contributed by atoms with E-state index in [9.17, 15) is 4.79 Å². The molecular formula is C7H4BrClO. The van der Waals surface area contributed by atoms with Crippen molar-refractivity contribution in [3.05, 3.63) is 33.3 Å². The topological polar surface area (TPSA) is 17.1 Å². The molecule has 0 heterocycles. The maximum atomic E-state index is 10.3. The van der Waals surface area contributed by atoms with Crippen molar-refractivity contribution >= 4 is 33.8 Å². The van der Waals surface area contributed by atoms with Gasteiger partial charge in [-0.1, -0.05) is 33.6 Å². The van der Waals surface area contributed by atoms with Crippen molar-refractivity contribution < 1.29 is 4.79 Å². The van der Waals surface area contributed by atoms with E-state index in [1.54, 1.807) is 18.2 Å². The second-order valence-corrected chi connectivity index (χ2v) is 3.01. The molecule has 0 aliphatic carbocycles. The van der Waals surface area contributed by atoms with Crippen molar-refractivity contribution in [2.24, 2.45) is 0 Å². The summed E-state index contributed by atoms with van der Waals surface area (Å²) in [5, 5.41) is 0.476. The number of hydrogen-bond acceptors (Lipinski definition) is 1. The van der Waals surface area contributed by atoms with Crippen molar-refractivity contribution in [2.45, 2.75) is 0 Å². The quantitative estimate of drug-likeness (QED) is 0.664. The summed E-state index contributed by atoms with van der Waals surface area (Å²) in [6, 6.07) is 5.23. The first kappa shape index (κ1) is 7.76. The van der Waals surface area contributed by atoms with Gasteiger partial charge >= 0.3 is 0 Å². The number of carbonyl (C=O) groups is 1. The molecule has 0 spiro atoms. The van der Waals surface area contributed by atoms with Crippen LogP contribution in [0.25, 0.3) is 0 Å². The highest BCUT2D eigenvalue weighted by atomic mass is 79.9. The van der Waals surface area contributed by atoms with E-state index >= 15 is 0 Å². The molecule has 1 rings (SSSR count). The number of halogens is 2. The Morgan fingerprint density at radius 3 is 2.60 bits per heavy atom. The lowest BCUT2D eigenvalue weighted by Gasteiger charge is -1.96. The van der Waals surface area contributed by atoms with Crippen LogP contribution >= 0.6 is 27.5 Å². The van der Waals surface area contributed by atoms with Crippen molar-refractivity contribution in [2.75, 3.05) is 0 Å². The summed E-state index contributed by atoms with van der Waals surface area (Å²) in [5.41, 5.74) is 0.504. The van der Waals surface area contributed by atoms with Crippen LogP contribution in [0.4, 0.5) is 0 Å². The number of benzene rings is 1. The highest BCUT2D eigenvalue weighted by Crippen LogP contribution is 2.22. The van der Waals surface area contributed by atoms with Gasteiger partial charge in [0.15, 0.2) is 6.29 Å². The summed E-state index contributed by atoms with van der Waals surface area (Å²) in [4.78, 5) is 10.3. The predicted molar refractivity (Wildman–Crippen MR) is 44.5 cm³/mol. The third kappa shape index (κ3) is 1.39. The molecular weight excluding hydrogens is 215 g/mol. The van der Waals surface area contributed by atoms with Gasteiger partial charge < -0.3 is 0 Å². The highest BCUT2D eigenvalue weighted by molar-refractivity contribution is 9.10. The van der Waals surface area contributed by atoms with Gasteiger partial charge in [0.2, 0.25) is 0 Å². The molecule has 1 aromatic rings. The summed E-state index contributed by atoms with van der Waals surface area (Å²) >= 11 is 8.86. The number of aldehydes is 1. The first-order valence-electron chi connectivity index (χ1n) is 2.65. The van der Waals surface area contributed by atoms with Crippen molar-refractivity contribution in [3.8, 4) is 0 Å². The summed E-state index contributed by atoms with van der Waals surface area (Å²) in [6.45, 7) is 0. The minimum Gasteiger partial charge on any atom is -0.298 e. The minimum absolute atomic E-state index is 0.476. The van der Waals surface area contributed by atoms with Gasteiger partial charge in [0, 0.05) is 10.0 Å². The Kier molecular flexibility index (Phi) is 2.46. The van der Waals surface area contributed by atoms with Gasteiger partial charge in [0.1, 0.15) is 0 Å². The lowest BCUT2D eigenvalue weighted by Crippen LogP contribution is -1.82. The predicted octanol–water partition coefficient (Wildman–Crippen LogP) is 2.92. The lowest BCUT2D eigenvalue weighted by atomic mass is 10.2. The second kappa shape index (κ2) is 3.17. The van der Waals surface area contributed by atoms with E-state index < -0.39 is 0 Å². The van der Waals surface area contributed by atoms with Crippen LogP contribution in [-0.2, 0) is 0 Å². The van der Waals surface area contributed by atoms with E-state index in [4.69, 9.17) is 11.6 Å². The fraction of sp³-hybridized carbons (Fsp3) is 0. The minimum atomic E-state index is 0.476. The van der Waals surface area contributed by atoms with Gasteiger partial charge in [-0.2, -0.15) is 0 Å². The molecule has 3 heteroatoms. The second-order valence-electron chi connectivity index (χ2n) is 1.75. The molecule has 0 radical (unpaired) electrons. The van der Waals surface area contributed by atoms with Crippen LogP contribution in [-0.4, -0.2) is 6.29 Å². The highest BCUT2D eigenvalue weighted by Gasteiger charge is 2.00. The van der Waals surface area contributed by atoms with Crippen LogP contribution in [0.1, 0.15) is 10.4 Å². The Labute approximate surface area is 72.1 Å². The zero-order chi connectivity index (χ0) is 7.56. The van der Waals surface area contributed by atoms with E-state index in [1.165, 1.54) is 0 Å².